The van der Waals surface area contributed by atoms with Crippen LogP contribution < -0.4 is 4.74 Å². The lowest BCUT2D eigenvalue weighted by molar-refractivity contribution is -0.140. The Hall–Kier alpha value is -2.87. The van der Waals surface area contributed by atoms with Crippen LogP contribution in [0.3, 0.4) is 0 Å². The summed E-state index contributed by atoms with van der Waals surface area (Å²) >= 11 is 1.03. The summed E-state index contributed by atoms with van der Waals surface area (Å²) in [7, 11) is 2.75. The molecule has 0 aliphatic heterocycles. The Morgan fingerprint density at radius 2 is 1.96 bits per heavy atom. The first-order valence-corrected chi connectivity index (χ1v) is 8.16. The van der Waals surface area contributed by atoms with Gasteiger partial charge in [0.05, 0.1) is 32.4 Å². The highest BCUT2D eigenvalue weighted by atomic mass is 32.1. The Labute approximate surface area is 147 Å². The predicted molar refractivity (Wildman–Crippen MR) is 92.2 cm³/mol. The Morgan fingerprint density at radius 1 is 1.16 bits per heavy atom. The van der Waals surface area contributed by atoms with Crippen LogP contribution in [0.5, 0.6) is 17.2 Å². The van der Waals surface area contributed by atoms with Crippen molar-refractivity contribution in [1.29, 1.82) is 0 Å². The molecule has 8 heteroatoms. The number of benzene rings is 2. The normalized spacial score (nSPS) is 12.1. The van der Waals surface area contributed by atoms with Crippen molar-refractivity contribution >= 4 is 28.7 Å². The second-order valence-electron chi connectivity index (χ2n) is 5.39. The zero-order valence-electron chi connectivity index (χ0n) is 13.6. The second kappa shape index (κ2) is 6.94. The largest absolute Gasteiger partial charge is 0.508 e. The molecule has 1 aromatic heterocycles. The average molecular weight is 360 g/mol. The predicted octanol–water partition coefficient (Wildman–Crippen LogP) is 2.81. The summed E-state index contributed by atoms with van der Waals surface area (Å²) in [6.45, 7) is 0. The number of fused-ring (bicyclic) bond motifs is 1. The van der Waals surface area contributed by atoms with Crippen molar-refractivity contribution in [2.75, 3.05) is 14.2 Å². The molecule has 2 N–H and O–H groups in total. The number of hydrogen-bond acceptors (Lipinski definition) is 8. The standard InChI is InChI=1S/C17H16N2O5S/c1-23-14-6-3-9(7-13(14)21)10(8-15(22)24-2)16-12(20)5-4-11-17(16)19-25-18-11/h3-7,10,20-21H,8H2,1-2H3/t10-/m1/s1. The molecule has 25 heavy (non-hydrogen) atoms. The van der Waals surface area contributed by atoms with Gasteiger partial charge in [0.2, 0.25) is 0 Å². The quantitative estimate of drug-likeness (QED) is 0.675. The highest BCUT2D eigenvalue weighted by molar-refractivity contribution is 7.00. The Bertz CT molecular complexity index is 925. The molecular formula is C17H16N2O5S. The highest BCUT2D eigenvalue weighted by Gasteiger charge is 2.26. The van der Waals surface area contributed by atoms with Crippen molar-refractivity contribution in [2.24, 2.45) is 0 Å². The topological polar surface area (TPSA) is 102 Å². The first kappa shape index (κ1) is 17.0. The molecule has 0 fully saturated rings. The first-order chi connectivity index (χ1) is 12.0. The van der Waals surface area contributed by atoms with E-state index >= 15 is 0 Å². The lowest BCUT2D eigenvalue weighted by Crippen LogP contribution is -2.11. The zero-order chi connectivity index (χ0) is 18.0. The monoisotopic (exact) mass is 360 g/mol. The van der Waals surface area contributed by atoms with Gasteiger partial charge in [-0.1, -0.05) is 6.07 Å². The van der Waals surface area contributed by atoms with Crippen molar-refractivity contribution in [3.8, 4) is 17.2 Å². The van der Waals surface area contributed by atoms with Crippen LogP contribution in [-0.4, -0.2) is 39.1 Å². The van der Waals surface area contributed by atoms with E-state index in [0.29, 0.717) is 27.9 Å². The van der Waals surface area contributed by atoms with E-state index in [2.05, 4.69) is 8.75 Å². The van der Waals surface area contributed by atoms with E-state index in [0.717, 1.165) is 11.7 Å². The molecular weight excluding hydrogens is 344 g/mol. The fourth-order valence-electron chi connectivity index (χ4n) is 2.76. The number of nitrogens with zero attached hydrogens (tertiary/aromatic N) is 2. The van der Waals surface area contributed by atoms with Crippen LogP contribution in [0.15, 0.2) is 30.3 Å². The fraction of sp³-hybridized carbons (Fsp3) is 0.235. The summed E-state index contributed by atoms with van der Waals surface area (Å²) in [6.07, 6.45) is -0.0214. The number of carbonyl (C=O) groups is 1. The molecule has 0 amide bonds. The minimum Gasteiger partial charge on any atom is -0.508 e. The zero-order valence-corrected chi connectivity index (χ0v) is 14.4. The van der Waals surface area contributed by atoms with Crippen LogP contribution >= 0.6 is 11.7 Å². The number of methoxy groups -OCH3 is 2. The van der Waals surface area contributed by atoms with E-state index in [1.54, 1.807) is 18.2 Å². The number of ether oxygens (including phenoxy) is 2. The van der Waals surface area contributed by atoms with Crippen molar-refractivity contribution in [2.45, 2.75) is 12.3 Å². The molecule has 1 heterocycles. The summed E-state index contributed by atoms with van der Waals surface area (Å²) in [6, 6.07) is 8.02. The maximum atomic E-state index is 11.9. The third kappa shape index (κ3) is 3.20. The van der Waals surface area contributed by atoms with Gasteiger partial charge in [-0.25, -0.2) is 0 Å². The summed E-state index contributed by atoms with van der Waals surface area (Å²) in [5.41, 5.74) is 2.25. The number of rotatable bonds is 5. The maximum absolute atomic E-state index is 11.9. The Kier molecular flexibility index (Phi) is 4.71. The third-order valence-corrected chi connectivity index (χ3v) is 4.54. The first-order valence-electron chi connectivity index (χ1n) is 7.43. The number of phenolic OH excluding ortho intramolecular Hbond substituents is 2. The molecule has 0 bridgehead atoms. The molecule has 1 atom stereocenters. The molecule has 0 unspecified atom stereocenters. The molecule has 3 aromatic rings. The van der Waals surface area contributed by atoms with E-state index in [1.165, 1.54) is 26.4 Å². The molecule has 0 saturated heterocycles. The van der Waals surface area contributed by atoms with E-state index in [-0.39, 0.29) is 17.9 Å². The van der Waals surface area contributed by atoms with Gasteiger partial charge in [-0.05, 0) is 29.8 Å². The van der Waals surface area contributed by atoms with Crippen molar-refractivity contribution < 1.29 is 24.5 Å². The van der Waals surface area contributed by atoms with Gasteiger partial charge >= 0.3 is 5.97 Å². The molecule has 130 valence electrons. The Balaban J connectivity index is 2.18. The number of aromatic nitrogens is 2. The summed E-state index contributed by atoms with van der Waals surface area (Å²) in [5, 5.41) is 20.5. The average Bonchev–Trinajstić information content (AvgIpc) is 3.08. The minimum absolute atomic E-state index is 0.00408. The van der Waals surface area contributed by atoms with E-state index in [9.17, 15) is 15.0 Å². The number of aromatic hydroxyl groups is 2. The lowest BCUT2D eigenvalue weighted by atomic mass is 9.87. The van der Waals surface area contributed by atoms with Gasteiger partial charge in [-0.3, -0.25) is 4.79 Å². The molecule has 3 rings (SSSR count). The third-order valence-electron chi connectivity index (χ3n) is 4.00. The van der Waals surface area contributed by atoms with Gasteiger partial charge in [0.15, 0.2) is 11.5 Å². The summed E-state index contributed by atoms with van der Waals surface area (Å²) in [4.78, 5) is 11.9. The number of hydrogen-bond donors (Lipinski definition) is 2. The smallest absolute Gasteiger partial charge is 0.306 e. The highest BCUT2D eigenvalue weighted by Crippen LogP contribution is 2.40. The van der Waals surface area contributed by atoms with Gasteiger partial charge < -0.3 is 19.7 Å². The van der Waals surface area contributed by atoms with Gasteiger partial charge in [0, 0.05) is 11.5 Å². The molecule has 0 spiro atoms. The van der Waals surface area contributed by atoms with E-state index in [1.807, 2.05) is 0 Å². The van der Waals surface area contributed by atoms with Gasteiger partial charge in [0.25, 0.3) is 0 Å². The Morgan fingerprint density at radius 3 is 2.64 bits per heavy atom. The summed E-state index contributed by atoms with van der Waals surface area (Å²) < 4.78 is 18.3. The molecule has 0 radical (unpaired) electrons. The van der Waals surface area contributed by atoms with Crippen molar-refractivity contribution in [3.63, 3.8) is 0 Å². The van der Waals surface area contributed by atoms with Crippen LogP contribution in [0.25, 0.3) is 11.0 Å². The van der Waals surface area contributed by atoms with E-state index in [4.69, 9.17) is 9.47 Å². The van der Waals surface area contributed by atoms with E-state index < -0.39 is 11.9 Å². The molecule has 0 saturated carbocycles. The van der Waals surface area contributed by atoms with Crippen molar-refractivity contribution in [1.82, 2.24) is 8.75 Å². The summed E-state index contributed by atoms with van der Waals surface area (Å²) in [5.74, 6) is -0.738. The number of esters is 1. The van der Waals surface area contributed by atoms with Crippen LogP contribution in [-0.2, 0) is 9.53 Å². The van der Waals surface area contributed by atoms with Crippen LogP contribution in [0.4, 0.5) is 0 Å². The van der Waals surface area contributed by atoms with Gasteiger partial charge in [-0.2, -0.15) is 8.75 Å². The van der Waals surface area contributed by atoms with Crippen molar-refractivity contribution in [3.05, 3.63) is 41.5 Å². The van der Waals surface area contributed by atoms with Gasteiger partial charge in [0.1, 0.15) is 16.8 Å². The fourth-order valence-corrected chi connectivity index (χ4v) is 3.31. The molecule has 2 aromatic carbocycles. The van der Waals surface area contributed by atoms with Gasteiger partial charge in [-0.15, -0.1) is 0 Å². The van der Waals surface area contributed by atoms with Crippen LogP contribution in [0, 0.1) is 0 Å². The lowest BCUT2D eigenvalue weighted by Gasteiger charge is -2.19. The molecule has 7 nitrogen and oxygen atoms in total. The number of carbonyl (C=O) groups excluding carboxylic acids is 1. The minimum atomic E-state index is -0.558. The molecule has 0 aliphatic carbocycles. The number of phenols is 2. The maximum Gasteiger partial charge on any atom is 0.306 e. The second-order valence-corrected chi connectivity index (χ2v) is 5.92. The SMILES string of the molecule is COC(=O)C[C@H](c1ccc(OC)c(O)c1)c1c(O)ccc2nsnc12. The van der Waals surface area contributed by atoms with Crippen LogP contribution in [0.2, 0.25) is 0 Å². The van der Waals surface area contributed by atoms with Crippen LogP contribution in [0.1, 0.15) is 23.5 Å². The molecule has 0 aliphatic rings.